The van der Waals surface area contributed by atoms with Gasteiger partial charge in [0.15, 0.2) is 0 Å². The first kappa shape index (κ1) is 16.9. The van der Waals surface area contributed by atoms with Gasteiger partial charge >= 0.3 is 5.69 Å². The van der Waals surface area contributed by atoms with E-state index >= 15 is 0 Å². The van der Waals surface area contributed by atoms with E-state index in [1.165, 1.54) is 11.6 Å². The SMILES string of the molecule is C#CCC(CC)Nc1c(N)n(CC(C)C)c(=O)n(C)c1=O. The third kappa shape index (κ3) is 3.69. The van der Waals surface area contributed by atoms with E-state index in [-0.39, 0.29) is 23.5 Å². The Kier molecular flexibility index (Phi) is 5.65. The Morgan fingerprint density at radius 3 is 2.48 bits per heavy atom. The number of rotatable bonds is 6. The highest BCUT2D eigenvalue weighted by molar-refractivity contribution is 5.61. The van der Waals surface area contributed by atoms with Gasteiger partial charge in [-0.1, -0.05) is 20.8 Å². The molecule has 1 aromatic rings. The Labute approximate surface area is 125 Å². The Balaban J connectivity index is 3.39. The van der Waals surface area contributed by atoms with Gasteiger partial charge in [0.25, 0.3) is 5.56 Å². The predicted octanol–water partition coefficient (Wildman–Crippen LogP) is 0.999. The maximum Gasteiger partial charge on any atom is 0.332 e. The minimum atomic E-state index is -0.423. The molecule has 1 unspecified atom stereocenters. The summed E-state index contributed by atoms with van der Waals surface area (Å²) < 4.78 is 2.50. The van der Waals surface area contributed by atoms with E-state index in [1.54, 1.807) is 0 Å². The molecule has 1 rings (SSSR count). The molecule has 0 aromatic carbocycles. The largest absolute Gasteiger partial charge is 0.383 e. The summed E-state index contributed by atoms with van der Waals surface area (Å²) in [6.45, 7) is 6.40. The van der Waals surface area contributed by atoms with Gasteiger partial charge < -0.3 is 11.1 Å². The molecule has 0 aliphatic rings. The third-order valence-corrected chi connectivity index (χ3v) is 3.34. The first-order valence-electron chi connectivity index (χ1n) is 7.12. The molecule has 116 valence electrons. The number of nitrogens with one attached hydrogen (secondary N) is 1. The maximum atomic E-state index is 12.3. The molecule has 0 aliphatic heterocycles. The van der Waals surface area contributed by atoms with Crippen molar-refractivity contribution in [2.75, 3.05) is 11.1 Å². The first-order valence-corrected chi connectivity index (χ1v) is 7.12. The molecule has 1 atom stereocenters. The van der Waals surface area contributed by atoms with Crippen LogP contribution in [-0.2, 0) is 13.6 Å². The summed E-state index contributed by atoms with van der Waals surface area (Å²) in [4.78, 5) is 24.4. The van der Waals surface area contributed by atoms with Crippen LogP contribution in [0.1, 0.15) is 33.6 Å². The van der Waals surface area contributed by atoms with Crippen LogP contribution in [-0.4, -0.2) is 15.2 Å². The van der Waals surface area contributed by atoms with E-state index in [9.17, 15) is 9.59 Å². The predicted molar refractivity (Wildman–Crippen MR) is 86.3 cm³/mol. The lowest BCUT2D eigenvalue weighted by Gasteiger charge is -2.20. The van der Waals surface area contributed by atoms with Gasteiger partial charge in [-0.25, -0.2) is 4.79 Å². The van der Waals surface area contributed by atoms with Crippen molar-refractivity contribution in [3.63, 3.8) is 0 Å². The number of anilines is 2. The van der Waals surface area contributed by atoms with Gasteiger partial charge in [-0.15, -0.1) is 12.3 Å². The molecule has 0 bridgehead atoms. The fourth-order valence-corrected chi connectivity index (χ4v) is 2.10. The lowest BCUT2D eigenvalue weighted by atomic mass is 10.1. The molecule has 3 N–H and O–H groups in total. The Morgan fingerprint density at radius 1 is 1.38 bits per heavy atom. The van der Waals surface area contributed by atoms with E-state index in [4.69, 9.17) is 12.2 Å². The molecule has 0 spiro atoms. The van der Waals surface area contributed by atoms with Crippen molar-refractivity contribution in [1.82, 2.24) is 9.13 Å². The van der Waals surface area contributed by atoms with Gasteiger partial charge in [-0.2, -0.15) is 0 Å². The van der Waals surface area contributed by atoms with Crippen molar-refractivity contribution in [2.45, 2.75) is 46.2 Å². The summed E-state index contributed by atoms with van der Waals surface area (Å²) in [6.07, 6.45) is 6.57. The van der Waals surface area contributed by atoms with E-state index in [2.05, 4.69) is 11.2 Å². The zero-order valence-corrected chi connectivity index (χ0v) is 13.1. The van der Waals surface area contributed by atoms with Gasteiger partial charge in [-0.3, -0.25) is 13.9 Å². The van der Waals surface area contributed by atoms with Crippen molar-refractivity contribution in [2.24, 2.45) is 13.0 Å². The second-order valence-electron chi connectivity index (χ2n) is 5.57. The molecule has 0 saturated carbocycles. The molecule has 1 heterocycles. The highest BCUT2D eigenvalue weighted by Gasteiger charge is 2.18. The summed E-state index contributed by atoms with van der Waals surface area (Å²) in [5, 5.41) is 3.09. The van der Waals surface area contributed by atoms with E-state index in [1.807, 2.05) is 20.8 Å². The average Bonchev–Trinajstić information content (AvgIpc) is 2.44. The molecule has 6 nitrogen and oxygen atoms in total. The molecule has 0 aliphatic carbocycles. The molecule has 0 fully saturated rings. The number of terminal acetylenes is 1. The summed E-state index contributed by atoms with van der Waals surface area (Å²) in [5.41, 5.74) is 5.46. The van der Waals surface area contributed by atoms with Crippen molar-refractivity contribution < 1.29 is 0 Å². The van der Waals surface area contributed by atoms with Crippen LogP contribution in [0.25, 0.3) is 0 Å². The van der Waals surface area contributed by atoms with Gasteiger partial charge in [0.1, 0.15) is 11.5 Å². The molecule has 0 amide bonds. The topological polar surface area (TPSA) is 82.0 Å². The van der Waals surface area contributed by atoms with Gasteiger partial charge in [-0.05, 0) is 12.3 Å². The van der Waals surface area contributed by atoms with E-state index in [0.717, 1.165) is 11.0 Å². The van der Waals surface area contributed by atoms with Crippen LogP contribution in [0.15, 0.2) is 9.59 Å². The van der Waals surface area contributed by atoms with Gasteiger partial charge in [0, 0.05) is 26.1 Å². The number of nitrogens with zero attached hydrogens (tertiary/aromatic N) is 2. The maximum absolute atomic E-state index is 12.3. The highest BCUT2D eigenvalue weighted by atomic mass is 16.2. The van der Waals surface area contributed by atoms with Crippen LogP contribution < -0.4 is 22.3 Å². The monoisotopic (exact) mass is 292 g/mol. The quantitative estimate of drug-likeness (QED) is 0.766. The molecule has 0 radical (unpaired) electrons. The zero-order valence-electron chi connectivity index (χ0n) is 13.1. The summed E-state index contributed by atoms with van der Waals surface area (Å²) in [7, 11) is 1.45. The summed E-state index contributed by atoms with van der Waals surface area (Å²) in [6, 6.07) is -0.0463. The van der Waals surface area contributed by atoms with Crippen LogP contribution in [0.2, 0.25) is 0 Å². The number of aromatic nitrogens is 2. The third-order valence-electron chi connectivity index (χ3n) is 3.34. The van der Waals surface area contributed by atoms with Crippen LogP contribution in [0.4, 0.5) is 11.5 Å². The van der Waals surface area contributed by atoms with Gasteiger partial charge in [0.05, 0.1) is 0 Å². The number of hydrogen-bond donors (Lipinski definition) is 2. The lowest BCUT2D eigenvalue weighted by molar-refractivity contribution is 0.493. The van der Waals surface area contributed by atoms with Gasteiger partial charge in [0.2, 0.25) is 0 Å². The van der Waals surface area contributed by atoms with Crippen LogP contribution in [0.5, 0.6) is 0 Å². The molecule has 1 aromatic heterocycles. The van der Waals surface area contributed by atoms with Crippen molar-refractivity contribution in [1.29, 1.82) is 0 Å². The summed E-state index contributed by atoms with van der Waals surface area (Å²) >= 11 is 0. The fraction of sp³-hybridized carbons (Fsp3) is 0.600. The molecular formula is C15H24N4O2. The summed E-state index contributed by atoms with van der Waals surface area (Å²) in [5.74, 6) is 2.98. The standard InChI is InChI=1S/C15H24N4O2/c1-6-8-11(7-2)17-12-13(16)19(9-10(3)4)15(21)18(5)14(12)20/h1,10-11,17H,7-9,16H2,2-5H3. The van der Waals surface area contributed by atoms with Crippen LogP contribution in [0.3, 0.4) is 0 Å². The normalized spacial score (nSPS) is 12.2. The van der Waals surface area contributed by atoms with Crippen molar-refractivity contribution >= 4 is 11.5 Å². The number of hydrogen-bond acceptors (Lipinski definition) is 4. The highest BCUT2D eigenvalue weighted by Crippen LogP contribution is 2.15. The van der Waals surface area contributed by atoms with Crippen LogP contribution in [0, 0.1) is 18.3 Å². The second-order valence-corrected chi connectivity index (χ2v) is 5.57. The fourth-order valence-electron chi connectivity index (χ4n) is 2.10. The smallest absolute Gasteiger partial charge is 0.332 e. The molecule has 0 saturated heterocycles. The number of nitrogen functional groups attached to an aromatic ring is 1. The van der Waals surface area contributed by atoms with Crippen molar-refractivity contribution in [3.05, 3.63) is 20.8 Å². The Hall–Kier alpha value is -2.16. The van der Waals surface area contributed by atoms with E-state index in [0.29, 0.717) is 13.0 Å². The van der Waals surface area contributed by atoms with Crippen LogP contribution >= 0.6 is 0 Å². The lowest BCUT2D eigenvalue weighted by Crippen LogP contribution is -2.42. The minimum absolute atomic E-state index is 0.0463. The molecule has 21 heavy (non-hydrogen) atoms. The molecule has 6 heteroatoms. The second kappa shape index (κ2) is 7.02. The first-order chi connectivity index (χ1) is 9.83. The number of nitrogens with two attached hydrogens (primary N) is 1. The Morgan fingerprint density at radius 2 is 2.00 bits per heavy atom. The zero-order chi connectivity index (χ0) is 16.2. The minimum Gasteiger partial charge on any atom is -0.383 e. The Bertz CT molecular complexity index is 649. The van der Waals surface area contributed by atoms with Crippen molar-refractivity contribution in [3.8, 4) is 12.3 Å². The average molecular weight is 292 g/mol. The van der Waals surface area contributed by atoms with E-state index < -0.39 is 11.2 Å². The molecular weight excluding hydrogens is 268 g/mol.